The third-order valence-electron chi connectivity index (χ3n) is 1.92. The van der Waals surface area contributed by atoms with Crippen LogP contribution in [0.2, 0.25) is 0 Å². The summed E-state index contributed by atoms with van der Waals surface area (Å²) in [6, 6.07) is 0. The molecule has 1 heterocycles. The third-order valence-corrected chi connectivity index (χ3v) is 3.08. The zero-order valence-electron chi connectivity index (χ0n) is 7.04. The van der Waals surface area contributed by atoms with E-state index in [9.17, 15) is 4.79 Å². The molecular formula is C9H11NOS. The SMILES string of the molecule is CC(=O)Cc1cnc(C2CC2)s1. The van der Waals surface area contributed by atoms with Gasteiger partial charge in [0.15, 0.2) is 0 Å². The maximum Gasteiger partial charge on any atom is 0.135 e. The Morgan fingerprint density at radius 1 is 1.75 bits per heavy atom. The van der Waals surface area contributed by atoms with E-state index in [4.69, 9.17) is 0 Å². The molecule has 0 N–H and O–H groups in total. The van der Waals surface area contributed by atoms with Crippen molar-refractivity contribution >= 4 is 17.1 Å². The predicted octanol–water partition coefficient (Wildman–Crippen LogP) is 2.15. The van der Waals surface area contributed by atoms with Crippen LogP contribution in [-0.4, -0.2) is 10.8 Å². The van der Waals surface area contributed by atoms with Gasteiger partial charge in [0.1, 0.15) is 5.78 Å². The van der Waals surface area contributed by atoms with Gasteiger partial charge < -0.3 is 0 Å². The van der Waals surface area contributed by atoms with Gasteiger partial charge in [-0.1, -0.05) is 0 Å². The molecule has 64 valence electrons. The van der Waals surface area contributed by atoms with Crippen LogP contribution < -0.4 is 0 Å². The van der Waals surface area contributed by atoms with E-state index in [2.05, 4.69) is 4.98 Å². The highest BCUT2D eigenvalue weighted by molar-refractivity contribution is 7.11. The van der Waals surface area contributed by atoms with E-state index in [1.807, 2.05) is 6.20 Å². The Balaban J connectivity index is 2.07. The lowest BCUT2D eigenvalue weighted by Crippen LogP contribution is -1.92. The van der Waals surface area contributed by atoms with Gasteiger partial charge in [0.2, 0.25) is 0 Å². The predicted molar refractivity (Wildman–Crippen MR) is 48.5 cm³/mol. The number of thiazole rings is 1. The van der Waals surface area contributed by atoms with E-state index >= 15 is 0 Å². The van der Waals surface area contributed by atoms with Crippen molar-refractivity contribution in [1.29, 1.82) is 0 Å². The number of ketones is 1. The average Bonchev–Trinajstić information content (AvgIpc) is 2.73. The zero-order chi connectivity index (χ0) is 8.55. The molecule has 2 nitrogen and oxygen atoms in total. The number of nitrogens with zero attached hydrogens (tertiary/aromatic N) is 1. The number of rotatable bonds is 3. The number of aromatic nitrogens is 1. The smallest absolute Gasteiger partial charge is 0.135 e. The summed E-state index contributed by atoms with van der Waals surface area (Å²) in [5.74, 6) is 0.941. The molecule has 1 aromatic rings. The van der Waals surface area contributed by atoms with Gasteiger partial charge in [0, 0.05) is 23.4 Å². The topological polar surface area (TPSA) is 30.0 Å². The molecule has 0 unspecified atom stereocenters. The number of carbonyl (C=O) groups is 1. The normalized spacial score (nSPS) is 16.4. The van der Waals surface area contributed by atoms with Crippen molar-refractivity contribution in [2.24, 2.45) is 0 Å². The van der Waals surface area contributed by atoms with Gasteiger partial charge in [-0.2, -0.15) is 0 Å². The van der Waals surface area contributed by atoms with Gasteiger partial charge >= 0.3 is 0 Å². The second-order valence-corrected chi connectivity index (χ2v) is 4.46. The van der Waals surface area contributed by atoms with Crippen molar-refractivity contribution in [3.05, 3.63) is 16.1 Å². The lowest BCUT2D eigenvalue weighted by atomic mass is 10.3. The summed E-state index contributed by atoms with van der Waals surface area (Å²) in [5, 5.41) is 1.23. The molecule has 1 fully saturated rings. The molecule has 1 aliphatic rings. The molecule has 0 amide bonds. The highest BCUT2D eigenvalue weighted by Crippen LogP contribution is 2.41. The zero-order valence-corrected chi connectivity index (χ0v) is 7.86. The molecule has 0 bridgehead atoms. The summed E-state index contributed by atoms with van der Waals surface area (Å²) in [6.45, 7) is 1.62. The maximum atomic E-state index is 10.8. The first-order valence-corrected chi connectivity index (χ1v) is 5.01. The van der Waals surface area contributed by atoms with E-state index in [1.165, 1.54) is 17.8 Å². The van der Waals surface area contributed by atoms with E-state index in [0.717, 1.165) is 10.8 Å². The minimum atomic E-state index is 0.223. The van der Waals surface area contributed by atoms with E-state index < -0.39 is 0 Å². The lowest BCUT2D eigenvalue weighted by molar-refractivity contribution is -0.116. The van der Waals surface area contributed by atoms with Gasteiger partial charge in [-0.25, -0.2) is 4.98 Å². The van der Waals surface area contributed by atoms with Crippen molar-refractivity contribution in [3.63, 3.8) is 0 Å². The van der Waals surface area contributed by atoms with Crippen LogP contribution >= 0.6 is 11.3 Å². The first kappa shape index (κ1) is 7.92. The Morgan fingerprint density at radius 2 is 2.50 bits per heavy atom. The fourth-order valence-corrected chi connectivity index (χ4v) is 2.33. The van der Waals surface area contributed by atoms with Crippen molar-refractivity contribution in [3.8, 4) is 0 Å². The molecule has 0 saturated heterocycles. The quantitative estimate of drug-likeness (QED) is 0.715. The second kappa shape index (κ2) is 2.98. The van der Waals surface area contributed by atoms with Crippen LogP contribution in [0.3, 0.4) is 0 Å². The van der Waals surface area contributed by atoms with Gasteiger partial charge in [0.05, 0.1) is 5.01 Å². The molecular weight excluding hydrogens is 170 g/mol. The molecule has 0 spiro atoms. The van der Waals surface area contributed by atoms with Crippen molar-refractivity contribution in [2.75, 3.05) is 0 Å². The summed E-state index contributed by atoms with van der Waals surface area (Å²) >= 11 is 1.70. The van der Waals surface area contributed by atoms with Crippen LogP contribution in [0.1, 0.15) is 35.6 Å². The van der Waals surface area contributed by atoms with Crippen LogP contribution in [0.25, 0.3) is 0 Å². The lowest BCUT2D eigenvalue weighted by Gasteiger charge is -1.87. The Morgan fingerprint density at radius 3 is 3.08 bits per heavy atom. The molecule has 1 aliphatic carbocycles. The number of hydrogen-bond donors (Lipinski definition) is 0. The first-order chi connectivity index (χ1) is 5.75. The number of Topliss-reactive ketones (excluding diaryl/α,β-unsaturated/α-hetero) is 1. The molecule has 0 aromatic carbocycles. The highest BCUT2D eigenvalue weighted by Gasteiger charge is 2.26. The summed E-state index contributed by atoms with van der Waals surface area (Å²) in [6.07, 6.45) is 4.98. The summed E-state index contributed by atoms with van der Waals surface area (Å²) < 4.78 is 0. The monoisotopic (exact) mass is 181 g/mol. The van der Waals surface area contributed by atoms with Crippen molar-refractivity contribution < 1.29 is 4.79 Å². The minimum Gasteiger partial charge on any atom is -0.300 e. The highest BCUT2D eigenvalue weighted by atomic mass is 32.1. The van der Waals surface area contributed by atoms with Crippen LogP contribution in [0.4, 0.5) is 0 Å². The molecule has 0 radical (unpaired) electrons. The molecule has 3 heteroatoms. The standard InChI is InChI=1S/C9H11NOS/c1-6(11)4-8-5-10-9(12-8)7-2-3-7/h5,7H,2-4H2,1H3. The number of carbonyl (C=O) groups excluding carboxylic acids is 1. The fraction of sp³-hybridized carbons (Fsp3) is 0.556. The molecule has 0 atom stereocenters. The van der Waals surface area contributed by atoms with Gasteiger partial charge in [-0.3, -0.25) is 4.79 Å². The van der Waals surface area contributed by atoms with Gasteiger partial charge in [-0.05, 0) is 19.8 Å². The maximum absolute atomic E-state index is 10.8. The summed E-state index contributed by atoms with van der Waals surface area (Å²) in [5.41, 5.74) is 0. The molecule has 1 aromatic heterocycles. The molecule has 2 rings (SSSR count). The van der Waals surface area contributed by atoms with E-state index in [-0.39, 0.29) is 5.78 Å². The number of hydrogen-bond acceptors (Lipinski definition) is 3. The first-order valence-electron chi connectivity index (χ1n) is 4.20. The Labute approximate surface area is 75.6 Å². The van der Waals surface area contributed by atoms with E-state index in [1.54, 1.807) is 18.3 Å². The Kier molecular flexibility index (Phi) is 1.97. The Hall–Kier alpha value is -0.700. The third kappa shape index (κ3) is 1.72. The largest absolute Gasteiger partial charge is 0.300 e. The minimum absolute atomic E-state index is 0.223. The average molecular weight is 181 g/mol. The Bertz CT molecular complexity index is 301. The van der Waals surface area contributed by atoms with Crippen molar-refractivity contribution in [1.82, 2.24) is 4.98 Å². The summed E-state index contributed by atoms with van der Waals surface area (Å²) in [7, 11) is 0. The molecule has 12 heavy (non-hydrogen) atoms. The fourth-order valence-electron chi connectivity index (χ4n) is 1.17. The molecule has 1 saturated carbocycles. The van der Waals surface area contributed by atoms with Gasteiger partial charge in [-0.15, -0.1) is 11.3 Å². The van der Waals surface area contributed by atoms with E-state index in [0.29, 0.717) is 6.42 Å². The summed E-state index contributed by atoms with van der Waals surface area (Å²) in [4.78, 5) is 16.2. The second-order valence-electron chi connectivity index (χ2n) is 3.32. The van der Waals surface area contributed by atoms with Gasteiger partial charge in [0.25, 0.3) is 0 Å². The molecule has 0 aliphatic heterocycles. The van der Waals surface area contributed by atoms with Crippen LogP contribution in [0.5, 0.6) is 0 Å². The van der Waals surface area contributed by atoms with Crippen LogP contribution in [0, 0.1) is 0 Å². The van der Waals surface area contributed by atoms with Crippen molar-refractivity contribution in [2.45, 2.75) is 32.1 Å². The van der Waals surface area contributed by atoms with Crippen LogP contribution in [-0.2, 0) is 11.2 Å². The van der Waals surface area contributed by atoms with Crippen LogP contribution in [0.15, 0.2) is 6.20 Å².